The van der Waals surface area contributed by atoms with E-state index >= 15 is 0 Å². The number of H-pyrrole nitrogens is 1. The third-order valence-corrected chi connectivity index (χ3v) is 4.23. The van der Waals surface area contributed by atoms with Crippen molar-refractivity contribution in [3.63, 3.8) is 0 Å². The van der Waals surface area contributed by atoms with Crippen LogP contribution in [0.2, 0.25) is 5.15 Å². The average molecular weight is 344 g/mol. The van der Waals surface area contributed by atoms with E-state index in [0.29, 0.717) is 39.5 Å². The van der Waals surface area contributed by atoms with Crippen LogP contribution in [0.25, 0.3) is 33.3 Å². The lowest BCUT2D eigenvalue weighted by Gasteiger charge is -2.07. The number of rotatable bonds is 2. The normalized spacial score (nSPS) is 11.5. The Morgan fingerprint density at radius 1 is 1.12 bits per heavy atom. The molecule has 1 N–H and O–H groups in total. The standard InChI is InChI=1S/C16H14ClN5O2/c1-6-11(7(2)24-22-6)13-10(23-4)5-9-12-14(17)18-8(3)19-16(12)21-15(9)20-13/h5H,1-4H3,(H,18,19,20,21). The molecular formula is C16H14ClN5O2. The molecule has 8 heteroatoms. The van der Waals surface area contributed by atoms with Crippen LogP contribution in [-0.4, -0.2) is 32.2 Å². The van der Waals surface area contributed by atoms with Crippen molar-refractivity contribution in [3.05, 3.63) is 28.5 Å². The number of aromatic amines is 1. The van der Waals surface area contributed by atoms with Gasteiger partial charge in [-0.3, -0.25) is 0 Å². The third-order valence-electron chi connectivity index (χ3n) is 3.96. The fraction of sp³-hybridized carbons (Fsp3) is 0.250. The molecule has 0 radical (unpaired) electrons. The molecule has 0 aromatic carbocycles. The van der Waals surface area contributed by atoms with E-state index in [1.807, 2.05) is 19.9 Å². The summed E-state index contributed by atoms with van der Waals surface area (Å²) >= 11 is 6.30. The number of aromatic nitrogens is 5. The van der Waals surface area contributed by atoms with Crippen molar-refractivity contribution in [1.29, 1.82) is 0 Å². The number of methoxy groups -OCH3 is 1. The van der Waals surface area contributed by atoms with Gasteiger partial charge in [0.05, 0.1) is 23.8 Å². The molecule has 0 atom stereocenters. The Morgan fingerprint density at radius 2 is 1.92 bits per heavy atom. The zero-order chi connectivity index (χ0) is 17.0. The molecule has 4 aromatic rings. The molecule has 4 heterocycles. The Kier molecular flexibility index (Phi) is 3.21. The summed E-state index contributed by atoms with van der Waals surface area (Å²) < 4.78 is 10.8. The van der Waals surface area contributed by atoms with E-state index in [-0.39, 0.29) is 0 Å². The number of aryl methyl sites for hydroxylation is 3. The summed E-state index contributed by atoms with van der Waals surface area (Å²) in [5.41, 5.74) is 3.53. The lowest BCUT2D eigenvalue weighted by molar-refractivity contribution is 0.393. The van der Waals surface area contributed by atoms with Gasteiger partial charge < -0.3 is 14.2 Å². The van der Waals surface area contributed by atoms with Gasteiger partial charge in [-0.25, -0.2) is 15.0 Å². The Bertz CT molecular complexity index is 1080. The number of pyridine rings is 1. The maximum absolute atomic E-state index is 6.30. The van der Waals surface area contributed by atoms with E-state index < -0.39 is 0 Å². The Morgan fingerprint density at radius 3 is 2.58 bits per heavy atom. The maximum Gasteiger partial charge on any atom is 0.146 e. The van der Waals surface area contributed by atoms with Crippen LogP contribution in [0.3, 0.4) is 0 Å². The van der Waals surface area contributed by atoms with E-state index in [4.69, 9.17) is 25.8 Å². The summed E-state index contributed by atoms with van der Waals surface area (Å²) in [6, 6.07) is 1.88. The van der Waals surface area contributed by atoms with Gasteiger partial charge in [0.25, 0.3) is 0 Å². The van der Waals surface area contributed by atoms with Crippen molar-refractivity contribution in [3.8, 4) is 17.0 Å². The Balaban J connectivity index is 2.10. The lowest BCUT2D eigenvalue weighted by Crippen LogP contribution is -1.94. The predicted octanol–water partition coefficient (Wildman–Crippen LogP) is 3.75. The monoisotopic (exact) mass is 343 g/mol. The second-order valence-electron chi connectivity index (χ2n) is 5.54. The molecule has 0 fully saturated rings. The highest BCUT2D eigenvalue weighted by Gasteiger charge is 2.21. The van der Waals surface area contributed by atoms with Crippen molar-refractivity contribution in [1.82, 2.24) is 25.1 Å². The maximum atomic E-state index is 6.30. The fourth-order valence-corrected chi connectivity index (χ4v) is 3.23. The molecule has 0 amide bonds. The number of halogens is 1. The number of ether oxygens (including phenoxy) is 1. The molecule has 0 aliphatic heterocycles. The van der Waals surface area contributed by atoms with Crippen molar-refractivity contribution in [2.45, 2.75) is 20.8 Å². The second kappa shape index (κ2) is 5.17. The highest BCUT2D eigenvalue weighted by molar-refractivity contribution is 6.36. The van der Waals surface area contributed by atoms with E-state index in [1.165, 1.54) is 0 Å². The van der Waals surface area contributed by atoms with E-state index in [1.54, 1.807) is 14.0 Å². The highest BCUT2D eigenvalue weighted by Crippen LogP contribution is 2.38. The smallest absolute Gasteiger partial charge is 0.146 e. The zero-order valence-electron chi connectivity index (χ0n) is 13.6. The van der Waals surface area contributed by atoms with Gasteiger partial charge in [-0.2, -0.15) is 0 Å². The van der Waals surface area contributed by atoms with E-state index in [2.05, 4.69) is 20.1 Å². The molecule has 4 aromatic heterocycles. The molecule has 7 nitrogen and oxygen atoms in total. The van der Waals surface area contributed by atoms with Crippen molar-refractivity contribution < 1.29 is 9.26 Å². The number of nitrogens with one attached hydrogen (secondary N) is 1. The van der Waals surface area contributed by atoms with Crippen molar-refractivity contribution in [2.75, 3.05) is 7.11 Å². The van der Waals surface area contributed by atoms with Crippen LogP contribution in [0.5, 0.6) is 5.75 Å². The summed E-state index contributed by atoms with van der Waals surface area (Å²) in [4.78, 5) is 16.5. The largest absolute Gasteiger partial charge is 0.494 e. The first-order chi connectivity index (χ1) is 11.5. The lowest BCUT2D eigenvalue weighted by atomic mass is 10.1. The topological polar surface area (TPSA) is 89.7 Å². The van der Waals surface area contributed by atoms with Crippen LogP contribution in [0.4, 0.5) is 0 Å². The summed E-state index contributed by atoms with van der Waals surface area (Å²) in [6.45, 7) is 5.51. The fourth-order valence-electron chi connectivity index (χ4n) is 2.92. The molecule has 0 aliphatic carbocycles. The molecular weight excluding hydrogens is 330 g/mol. The first-order valence-electron chi connectivity index (χ1n) is 7.33. The summed E-state index contributed by atoms with van der Waals surface area (Å²) in [6.07, 6.45) is 0. The quantitative estimate of drug-likeness (QED) is 0.557. The van der Waals surface area contributed by atoms with Crippen LogP contribution in [0, 0.1) is 20.8 Å². The SMILES string of the molecule is COc1cc2c(nc1-c1c(C)noc1C)[nH]c1nc(C)nc(Cl)c12. The summed E-state index contributed by atoms with van der Waals surface area (Å²) in [5.74, 6) is 1.88. The second-order valence-corrected chi connectivity index (χ2v) is 5.90. The average Bonchev–Trinajstić information content (AvgIpc) is 3.05. The zero-order valence-corrected chi connectivity index (χ0v) is 14.3. The first-order valence-corrected chi connectivity index (χ1v) is 7.71. The van der Waals surface area contributed by atoms with Gasteiger partial charge in [0.1, 0.15) is 39.5 Å². The van der Waals surface area contributed by atoms with E-state index in [0.717, 1.165) is 22.0 Å². The predicted molar refractivity (Wildman–Crippen MR) is 90.5 cm³/mol. The van der Waals surface area contributed by atoms with Crippen LogP contribution >= 0.6 is 11.6 Å². The first kappa shape index (κ1) is 14.9. The molecule has 0 spiro atoms. The molecule has 4 rings (SSSR count). The van der Waals surface area contributed by atoms with Gasteiger partial charge in [-0.15, -0.1) is 0 Å². The molecule has 0 unspecified atom stereocenters. The van der Waals surface area contributed by atoms with Gasteiger partial charge in [0, 0.05) is 5.39 Å². The minimum absolute atomic E-state index is 0.387. The van der Waals surface area contributed by atoms with Crippen LogP contribution in [0.1, 0.15) is 17.3 Å². The van der Waals surface area contributed by atoms with Gasteiger partial charge in [0.2, 0.25) is 0 Å². The minimum Gasteiger partial charge on any atom is -0.494 e. The number of nitrogens with zero attached hydrogens (tertiary/aromatic N) is 4. The number of hydrogen-bond acceptors (Lipinski definition) is 6. The summed E-state index contributed by atoms with van der Waals surface area (Å²) in [5, 5.41) is 5.92. The van der Waals surface area contributed by atoms with Gasteiger partial charge in [-0.1, -0.05) is 16.8 Å². The van der Waals surface area contributed by atoms with Crippen molar-refractivity contribution in [2.24, 2.45) is 0 Å². The minimum atomic E-state index is 0.387. The number of fused-ring (bicyclic) bond motifs is 3. The van der Waals surface area contributed by atoms with Gasteiger partial charge in [0.15, 0.2) is 0 Å². The number of hydrogen-bond donors (Lipinski definition) is 1. The van der Waals surface area contributed by atoms with Crippen LogP contribution in [0.15, 0.2) is 10.6 Å². The van der Waals surface area contributed by atoms with Gasteiger partial charge >= 0.3 is 0 Å². The molecule has 0 aliphatic rings. The molecule has 0 bridgehead atoms. The third kappa shape index (κ3) is 2.05. The molecule has 24 heavy (non-hydrogen) atoms. The van der Waals surface area contributed by atoms with E-state index in [9.17, 15) is 0 Å². The molecule has 0 saturated carbocycles. The van der Waals surface area contributed by atoms with Gasteiger partial charge in [-0.05, 0) is 26.8 Å². The van der Waals surface area contributed by atoms with Crippen LogP contribution in [-0.2, 0) is 0 Å². The molecule has 122 valence electrons. The summed E-state index contributed by atoms with van der Waals surface area (Å²) in [7, 11) is 1.60. The Hall–Kier alpha value is -2.67. The van der Waals surface area contributed by atoms with Crippen molar-refractivity contribution >= 4 is 33.7 Å². The molecule has 0 saturated heterocycles. The Labute approximate surface area is 142 Å². The highest BCUT2D eigenvalue weighted by atomic mass is 35.5. The van der Waals surface area contributed by atoms with Crippen LogP contribution < -0.4 is 4.74 Å².